The number of thioether (sulfide) groups is 1. The van der Waals surface area contributed by atoms with Gasteiger partial charge in [-0.25, -0.2) is 0 Å². The van der Waals surface area contributed by atoms with Crippen molar-refractivity contribution in [1.82, 2.24) is 0 Å². The monoisotopic (exact) mass is 302 g/mol. The second kappa shape index (κ2) is 6.10. The quantitative estimate of drug-likeness (QED) is 0.458. The zero-order valence-electron chi connectivity index (χ0n) is 12.6. The number of nitrogen functional groups attached to an aromatic ring is 1. The summed E-state index contributed by atoms with van der Waals surface area (Å²) >= 11 is 1.74. The summed E-state index contributed by atoms with van der Waals surface area (Å²) in [4.78, 5) is 1.07. The molecule has 0 saturated carbocycles. The highest BCUT2D eigenvalue weighted by molar-refractivity contribution is 8.00. The molecule has 0 fully saturated rings. The van der Waals surface area contributed by atoms with Gasteiger partial charge in [0.05, 0.1) is 0 Å². The predicted molar refractivity (Wildman–Crippen MR) is 91.0 cm³/mol. The lowest BCUT2D eigenvalue weighted by Crippen LogP contribution is -2.10. The van der Waals surface area contributed by atoms with Crippen LogP contribution in [0.15, 0.2) is 47.4 Å². The maximum Gasteiger partial charge on any atom is 0.129 e. The Kier molecular flexibility index (Phi) is 4.61. The van der Waals surface area contributed by atoms with E-state index >= 15 is 0 Å². The van der Waals surface area contributed by atoms with E-state index in [-0.39, 0.29) is 4.75 Å². The minimum Gasteiger partial charge on any atom is -0.398 e. The molecule has 4 heteroatoms. The third kappa shape index (κ3) is 4.00. The van der Waals surface area contributed by atoms with E-state index in [2.05, 4.69) is 20.8 Å². The summed E-state index contributed by atoms with van der Waals surface area (Å²) in [6, 6.07) is 13.5. The second-order valence-corrected chi connectivity index (χ2v) is 7.87. The molecule has 0 aromatic heterocycles. The van der Waals surface area contributed by atoms with Crippen LogP contribution >= 0.6 is 11.8 Å². The van der Waals surface area contributed by atoms with Crippen molar-refractivity contribution >= 4 is 17.4 Å². The molecule has 21 heavy (non-hydrogen) atoms. The smallest absolute Gasteiger partial charge is 0.129 e. The first-order valence-corrected chi connectivity index (χ1v) is 7.71. The Hall–Kier alpha value is -1.49. The first kappa shape index (κ1) is 15.9. The second-order valence-electron chi connectivity index (χ2n) is 6.00. The van der Waals surface area contributed by atoms with Crippen LogP contribution in [0, 0.1) is 0 Å². The topological polar surface area (TPSA) is 72.3 Å². The molecule has 0 aliphatic heterocycles. The van der Waals surface area contributed by atoms with E-state index in [0.717, 1.165) is 21.7 Å². The molecule has 0 bridgehead atoms. The molecular weight excluding hydrogens is 280 g/mol. The van der Waals surface area contributed by atoms with E-state index < -0.39 is 6.23 Å². The number of rotatable bonds is 3. The van der Waals surface area contributed by atoms with Gasteiger partial charge in [-0.15, -0.1) is 11.8 Å². The molecule has 0 heterocycles. The molecule has 0 spiro atoms. The molecule has 0 aliphatic carbocycles. The number of hydrogen-bond acceptors (Lipinski definition) is 4. The van der Waals surface area contributed by atoms with Crippen molar-refractivity contribution in [1.29, 1.82) is 0 Å². The predicted octanol–water partition coefficient (Wildman–Crippen LogP) is 3.78. The van der Waals surface area contributed by atoms with Crippen molar-refractivity contribution in [2.75, 3.05) is 5.73 Å². The minimum atomic E-state index is -0.994. The van der Waals surface area contributed by atoms with E-state index in [1.54, 1.807) is 11.8 Å². The van der Waals surface area contributed by atoms with Crippen LogP contribution < -0.4 is 11.5 Å². The standard InChI is InChI=1S/C17H22N2OS/c1-17(2,3)21-15-9-8-11(10-14(15)18)12-6-4-5-7-13(12)16(19)20/h4-10,16,20H,18-19H2,1-3H3. The normalized spacial score (nSPS) is 13.2. The van der Waals surface area contributed by atoms with Gasteiger partial charge in [0.25, 0.3) is 0 Å². The van der Waals surface area contributed by atoms with Gasteiger partial charge < -0.3 is 16.6 Å². The molecule has 5 N–H and O–H groups in total. The molecule has 0 radical (unpaired) electrons. The molecule has 1 unspecified atom stereocenters. The number of hydrogen-bond donors (Lipinski definition) is 3. The van der Waals surface area contributed by atoms with E-state index in [4.69, 9.17) is 11.5 Å². The molecule has 112 valence electrons. The molecule has 2 aromatic carbocycles. The fraction of sp³-hybridized carbons (Fsp3) is 0.294. The van der Waals surface area contributed by atoms with Gasteiger partial charge in [0, 0.05) is 20.9 Å². The van der Waals surface area contributed by atoms with Crippen LogP contribution in [0.4, 0.5) is 5.69 Å². The number of nitrogens with two attached hydrogens (primary N) is 2. The first-order valence-electron chi connectivity index (χ1n) is 6.89. The Morgan fingerprint density at radius 3 is 2.33 bits per heavy atom. The largest absolute Gasteiger partial charge is 0.398 e. The summed E-state index contributed by atoms with van der Waals surface area (Å²) in [5.74, 6) is 0. The Morgan fingerprint density at radius 2 is 1.76 bits per heavy atom. The van der Waals surface area contributed by atoms with E-state index in [1.807, 2.05) is 42.5 Å². The van der Waals surface area contributed by atoms with Crippen LogP contribution in [0.2, 0.25) is 0 Å². The summed E-state index contributed by atoms with van der Waals surface area (Å²) in [7, 11) is 0. The van der Waals surface area contributed by atoms with Gasteiger partial charge in [-0.2, -0.15) is 0 Å². The first-order chi connectivity index (χ1) is 9.78. The van der Waals surface area contributed by atoms with Crippen molar-refractivity contribution in [2.24, 2.45) is 5.73 Å². The van der Waals surface area contributed by atoms with Crippen LogP contribution in [0.1, 0.15) is 32.6 Å². The lowest BCUT2D eigenvalue weighted by molar-refractivity contribution is 0.187. The molecule has 0 saturated heterocycles. The van der Waals surface area contributed by atoms with Gasteiger partial charge in [0.15, 0.2) is 0 Å². The zero-order chi connectivity index (χ0) is 15.6. The number of anilines is 1. The Labute approximate surface area is 130 Å². The summed E-state index contributed by atoms with van der Waals surface area (Å²) in [6.45, 7) is 6.47. The number of aliphatic hydroxyl groups is 1. The zero-order valence-corrected chi connectivity index (χ0v) is 13.4. The van der Waals surface area contributed by atoms with Crippen molar-refractivity contribution in [3.63, 3.8) is 0 Å². The van der Waals surface area contributed by atoms with Gasteiger partial charge >= 0.3 is 0 Å². The fourth-order valence-electron chi connectivity index (χ4n) is 2.16. The Bertz CT molecular complexity index is 633. The molecule has 0 amide bonds. The van der Waals surface area contributed by atoms with Gasteiger partial charge in [0.1, 0.15) is 6.23 Å². The summed E-state index contributed by atoms with van der Waals surface area (Å²) < 4.78 is 0.112. The van der Waals surface area contributed by atoms with Gasteiger partial charge in [-0.3, -0.25) is 0 Å². The van der Waals surface area contributed by atoms with Crippen molar-refractivity contribution in [2.45, 2.75) is 36.6 Å². The minimum absolute atomic E-state index is 0.112. The molecule has 2 rings (SSSR count). The van der Waals surface area contributed by atoms with Crippen molar-refractivity contribution in [3.8, 4) is 11.1 Å². The average Bonchev–Trinajstić information content (AvgIpc) is 2.39. The summed E-state index contributed by atoms with van der Waals surface area (Å²) in [6.07, 6.45) is -0.994. The lowest BCUT2D eigenvalue weighted by atomic mass is 9.98. The van der Waals surface area contributed by atoms with E-state index in [1.165, 1.54) is 0 Å². The maximum absolute atomic E-state index is 9.69. The van der Waals surface area contributed by atoms with Gasteiger partial charge in [-0.05, 0) is 23.3 Å². The van der Waals surface area contributed by atoms with Gasteiger partial charge in [0.2, 0.25) is 0 Å². The highest BCUT2D eigenvalue weighted by Crippen LogP contribution is 2.38. The van der Waals surface area contributed by atoms with Crippen LogP contribution in [-0.2, 0) is 0 Å². The molecule has 1 atom stereocenters. The number of aliphatic hydroxyl groups excluding tert-OH is 1. The SMILES string of the molecule is CC(C)(C)Sc1ccc(-c2ccccc2C(N)O)cc1N. The molecule has 0 aliphatic rings. The summed E-state index contributed by atoms with van der Waals surface area (Å²) in [5.41, 5.74) is 15.1. The number of benzene rings is 2. The lowest BCUT2D eigenvalue weighted by Gasteiger charge is -2.19. The Balaban J connectivity index is 2.41. The molecule has 3 nitrogen and oxygen atoms in total. The average molecular weight is 302 g/mol. The summed E-state index contributed by atoms with van der Waals surface area (Å²) in [5, 5.41) is 9.69. The highest BCUT2D eigenvalue weighted by Gasteiger charge is 2.15. The molecule has 2 aromatic rings. The van der Waals surface area contributed by atoms with Crippen LogP contribution in [0.25, 0.3) is 11.1 Å². The Morgan fingerprint density at radius 1 is 1.10 bits per heavy atom. The molecular formula is C17H22N2OS. The van der Waals surface area contributed by atoms with Crippen LogP contribution in [-0.4, -0.2) is 9.85 Å². The van der Waals surface area contributed by atoms with Crippen LogP contribution in [0.5, 0.6) is 0 Å². The highest BCUT2D eigenvalue weighted by atomic mass is 32.2. The van der Waals surface area contributed by atoms with E-state index in [0.29, 0.717) is 5.56 Å². The fourth-order valence-corrected chi connectivity index (χ4v) is 3.13. The van der Waals surface area contributed by atoms with Crippen molar-refractivity contribution < 1.29 is 5.11 Å². The third-order valence-electron chi connectivity index (χ3n) is 3.02. The van der Waals surface area contributed by atoms with Crippen LogP contribution in [0.3, 0.4) is 0 Å². The van der Waals surface area contributed by atoms with Crippen molar-refractivity contribution in [3.05, 3.63) is 48.0 Å². The maximum atomic E-state index is 9.69. The van der Waals surface area contributed by atoms with E-state index in [9.17, 15) is 5.11 Å². The van der Waals surface area contributed by atoms with Gasteiger partial charge in [-0.1, -0.05) is 51.1 Å². The third-order valence-corrected chi connectivity index (χ3v) is 4.22.